The number of rotatable bonds is 4. The Morgan fingerprint density at radius 2 is 1.27 bits per heavy atom. The minimum Gasteiger partial charge on any atom is -0.481 e. The predicted octanol–water partition coefficient (Wildman–Crippen LogP) is 3.62. The molecule has 0 bridgehead atoms. The van der Waals surface area contributed by atoms with E-state index in [4.69, 9.17) is 5.11 Å². The smallest absolute Gasteiger partial charge is 0.304 e. The van der Waals surface area contributed by atoms with Crippen molar-refractivity contribution in [1.29, 1.82) is 0 Å². The Hall–Kier alpha value is 0.619. The van der Waals surface area contributed by atoms with E-state index in [0.29, 0.717) is 5.75 Å². The van der Waals surface area contributed by atoms with E-state index in [-0.39, 0.29) is 30.3 Å². The summed E-state index contributed by atoms with van der Waals surface area (Å²) in [4.78, 5) is 9.55. The van der Waals surface area contributed by atoms with Gasteiger partial charge in [0.25, 0.3) is 0 Å². The first-order valence-corrected chi connectivity index (χ1v) is 6.06. The van der Waals surface area contributed by atoms with Crippen LogP contribution in [-0.4, -0.2) is 40.7 Å². The zero-order valence-corrected chi connectivity index (χ0v) is 14.3. The van der Waals surface area contributed by atoms with Crippen LogP contribution in [0.2, 0.25) is 0 Å². The fraction of sp³-hybridized carbons (Fsp3) is 0.909. The van der Waals surface area contributed by atoms with Crippen LogP contribution in [0.25, 0.3) is 0 Å². The molecule has 0 aromatic carbocycles. The van der Waals surface area contributed by atoms with Crippen molar-refractivity contribution in [2.24, 2.45) is 0 Å². The minimum absolute atomic E-state index is 0. The number of carbonyl (C=O) groups is 1. The average Bonchev–Trinajstić information content (AvgIpc) is 2.18. The second-order valence-corrected chi connectivity index (χ2v) is 3.31. The summed E-state index contributed by atoms with van der Waals surface area (Å²) in [6.45, 7) is 8.72. The summed E-state index contributed by atoms with van der Waals surface area (Å²) < 4.78 is 0. The topological polar surface area (TPSA) is 37.3 Å². The molecule has 2 nitrogen and oxygen atoms in total. The normalized spacial score (nSPS) is 7.27. The molecule has 4 heteroatoms. The van der Waals surface area contributed by atoms with Gasteiger partial charge in [0.2, 0.25) is 0 Å². The first-order valence-electron chi connectivity index (χ1n) is 5.43. The SMILES string of the molecule is CCCC.CCCC.O=C(O)CCS.[Sn]. The van der Waals surface area contributed by atoms with Gasteiger partial charge < -0.3 is 5.11 Å². The average molecular weight is 341 g/mol. The van der Waals surface area contributed by atoms with Crippen molar-refractivity contribution < 1.29 is 9.90 Å². The third-order valence-corrected chi connectivity index (χ3v) is 1.55. The molecule has 0 atom stereocenters. The Morgan fingerprint density at radius 3 is 1.27 bits per heavy atom. The largest absolute Gasteiger partial charge is 0.481 e. The molecule has 0 fully saturated rings. The molecule has 92 valence electrons. The van der Waals surface area contributed by atoms with E-state index in [9.17, 15) is 4.79 Å². The van der Waals surface area contributed by atoms with Gasteiger partial charge in [-0.3, -0.25) is 4.79 Å². The quantitative estimate of drug-likeness (QED) is 0.605. The van der Waals surface area contributed by atoms with Gasteiger partial charge in [-0.05, 0) is 0 Å². The number of aliphatic carboxylic acids is 1. The Balaban J connectivity index is -0.0000000606. The molecule has 1 N–H and O–H groups in total. The van der Waals surface area contributed by atoms with Crippen LogP contribution >= 0.6 is 12.6 Å². The molecule has 0 heterocycles. The Kier molecular flexibility index (Phi) is 48.3. The third-order valence-electron chi connectivity index (χ3n) is 1.33. The van der Waals surface area contributed by atoms with Crippen molar-refractivity contribution in [1.82, 2.24) is 0 Å². The van der Waals surface area contributed by atoms with Crippen molar-refractivity contribution in [2.75, 3.05) is 5.75 Å². The molecule has 0 aliphatic rings. The van der Waals surface area contributed by atoms with E-state index < -0.39 is 5.97 Å². The number of unbranched alkanes of at least 4 members (excludes halogenated alkanes) is 2. The van der Waals surface area contributed by atoms with Gasteiger partial charge in [-0.15, -0.1) is 0 Å². The fourth-order valence-electron chi connectivity index (χ4n) is 0.0956. The third kappa shape index (κ3) is 73.7. The number of hydrogen-bond donors (Lipinski definition) is 2. The molecule has 0 aromatic heterocycles. The predicted molar refractivity (Wildman–Crippen MR) is 73.0 cm³/mol. The zero-order valence-electron chi connectivity index (χ0n) is 10.5. The minimum atomic E-state index is -0.787. The van der Waals surface area contributed by atoms with Crippen LogP contribution in [0.4, 0.5) is 0 Å². The molecule has 15 heavy (non-hydrogen) atoms. The van der Waals surface area contributed by atoms with E-state index >= 15 is 0 Å². The molecule has 0 amide bonds. The summed E-state index contributed by atoms with van der Waals surface area (Å²) in [5, 5.41) is 7.86. The second-order valence-electron chi connectivity index (χ2n) is 2.87. The maximum atomic E-state index is 9.55. The van der Waals surface area contributed by atoms with Gasteiger partial charge in [-0.25, -0.2) is 0 Å². The molecule has 0 aromatic rings. The van der Waals surface area contributed by atoms with Crippen molar-refractivity contribution in [2.45, 2.75) is 59.8 Å². The monoisotopic (exact) mass is 342 g/mol. The summed E-state index contributed by atoms with van der Waals surface area (Å²) in [7, 11) is 0. The maximum absolute atomic E-state index is 9.55. The molecule has 0 saturated heterocycles. The molecule has 0 rings (SSSR count). The van der Waals surface area contributed by atoms with Gasteiger partial charge >= 0.3 is 5.97 Å². The van der Waals surface area contributed by atoms with Gasteiger partial charge in [0.15, 0.2) is 0 Å². The van der Waals surface area contributed by atoms with Gasteiger partial charge in [0.05, 0.1) is 6.42 Å². The first kappa shape index (κ1) is 24.7. The molecule has 4 radical (unpaired) electrons. The van der Waals surface area contributed by atoms with Crippen LogP contribution < -0.4 is 0 Å². The summed E-state index contributed by atoms with van der Waals surface area (Å²) >= 11 is 3.68. The number of thiol groups is 1. The van der Waals surface area contributed by atoms with Crippen LogP contribution in [0, 0.1) is 0 Å². The van der Waals surface area contributed by atoms with E-state index in [1.165, 1.54) is 25.7 Å². The van der Waals surface area contributed by atoms with E-state index in [1.807, 2.05) is 0 Å². The van der Waals surface area contributed by atoms with Crippen LogP contribution in [0.1, 0.15) is 59.8 Å². The molecule has 0 aliphatic heterocycles. The van der Waals surface area contributed by atoms with Crippen molar-refractivity contribution in [3.8, 4) is 0 Å². The summed E-state index contributed by atoms with van der Waals surface area (Å²) in [5.74, 6) is -0.361. The fourth-order valence-corrected chi connectivity index (χ4v) is 0.287. The Bertz CT molecular complexity index is 92.6. The van der Waals surface area contributed by atoms with Crippen LogP contribution in [0.3, 0.4) is 0 Å². The van der Waals surface area contributed by atoms with E-state index in [2.05, 4.69) is 40.3 Å². The maximum Gasteiger partial charge on any atom is 0.304 e. The zero-order chi connectivity index (χ0) is 11.8. The second kappa shape index (κ2) is 29.3. The molecular formula is C11H26O2SSn. The Labute approximate surface area is 118 Å². The van der Waals surface area contributed by atoms with Gasteiger partial charge in [0.1, 0.15) is 0 Å². The van der Waals surface area contributed by atoms with Crippen LogP contribution in [0.5, 0.6) is 0 Å². The number of carboxylic acid groups (broad SMARTS) is 1. The van der Waals surface area contributed by atoms with Gasteiger partial charge in [-0.2, -0.15) is 12.6 Å². The molecule has 0 saturated carbocycles. The number of carboxylic acids is 1. The van der Waals surface area contributed by atoms with Crippen molar-refractivity contribution in [3.63, 3.8) is 0 Å². The van der Waals surface area contributed by atoms with Crippen LogP contribution in [-0.2, 0) is 4.79 Å². The molecule has 0 unspecified atom stereocenters. The summed E-state index contributed by atoms with van der Waals surface area (Å²) in [6.07, 6.45) is 5.43. The number of hydrogen-bond acceptors (Lipinski definition) is 2. The summed E-state index contributed by atoms with van der Waals surface area (Å²) in [5.41, 5.74) is 0. The van der Waals surface area contributed by atoms with Crippen molar-refractivity contribution >= 4 is 42.5 Å². The van der Waals surface area contributed by atoms with Gasteiger partial charge in [-0.1, -0.05) is 53.4 Å². The molecular weight excluding hydrogens is 315 g/mol. The standard InChI is InChI=1S/2C4H10.C3H6O2S.Sn/c2*1-3-4-2;4-3(5)1-2-6;/h2*3-4H2,1-2H3;6H,1-2H2,(H,4,5);. The van der Waals surface area contributed by atoms with E-state index in [0.717, 1.165) is 0 Å². The molecule has 0 aliphatic carbocycles. The van der Waals surface area contributed by atoms with Gasteiger partial charge in [0, 0.05) is 29.7 Å². The molecule has 0 spiro atoms. The first-order chi connectivity index (χ1) is 6.60. The van der Waals surface area contributed by atoms with E-state index in [1.54, 1.807) is 0 Å². The Morgan fingerprint density at radius 1 is 1.00 bits per heavy atom. The van der Waals surface area contributed by atoms with Crippen LogP contribution in [0.15, 0.2) is 0 Å². The summed E-state index contributed by atoms with van der Waals surface area (Å²) in [6, 6.07) is 0. The van der Waals surface area contributed by atoms with Crippen molar-refractivity contribution in [3.05, 3.63) is 0 Å².